The minimum absolute atomic E-state index is 0.150. The van der Waals surface area contributed by atoms with Gasteiger partial charge in [-0.2, -0.15) is 0 Å². The lowest BCUT2D eigenvalue weighted by Gasteiger charge is -2.49. The zero-order valence-corrected chi connectivity index (χ0v) is 9.80. The highest BCUT2D eigenvalue weighted by molar-refractivity contribution is 7.94. The highest BCUT2D eigenvalue weighted by atomic mass is 32.2. The number of rotatable bonds is 2. The van der Waals surface area contributed by atoms with Crippen molar-refractivity contribution in [3.05, 3.63) is 0 Å². The normalized spacial score (nSPS) is 30.6. The summed E-state index contributed by atoms with van der Waals surface area (Å²) in [5, 5.41) is 0. The minimum atomic E-state index is -3.46. The van der Waals surface area contributed by atoms with E-state index in [2.05, 4.69) is 0 Å². The van der Waals surface area contributed by atoms with E-state index in [1.165, 1.54) is 13.8 Å². The molecule has 1 aliphatic heterocycles. The van der Waals surface area contributed by atoms with Gasteiger partial charge in [0.25, 0.3) is 15.9 Å². The summed E-state index contributed by atoms with van der Waals surface area (Å²) in [6.07, 6.45) is 2.61. The highest BCUT2D eigenvalue weighted by Crippen LogP contribution is 2.39. The molecule has 1 heterocycles. The van der Waals surface area contributed by atoms with Crippen molar-refractivity contribution in [2.75, 3.05) is 6.54 Å². The van der Waals surface area contributed by atoms with Crippen LogP contribution in [-0.4, -0.2) is 35.5 Å². The molecular formula is C9H16N2O3S. The molecular weight excluding hydrogens is 216 g/mol. The maximum absolute atomic E-state index is 11.7. The van der Waals surface area contributed by atoms with E-state index in [0.29, 0.717) is 0 Å². The number of carbonyl (C=O) groups is 1. The Bertz CT molecular complexity index is 409. The van der Waals surface area contributed by atoms with Crippen LogP contribution in [-0.2, 0) is 14.8 Å². The average Bonchev–Trinajstić information content (AvgIpc) is 2.09. The molecule has 1 saturated heterocycles. The van der Waals surface area contributed by atoms with Crippen LogP contribution in [0.2, 0.25) is 0 Å². The van der Waals surface area contributed by atoms with Crippen molar-refractivity contribution in [2.45, 2.75) is 43.4 Å². The van der Waals surface area contributed by atoms with E-state index < -0.39 is 20.3 Å². The Labute approximate surface area is 89.7 Å². The predicted molar refractivity (Wildman–Crippen MR) is 55.5 cm³/mol. The molecule has 0 aromatic heterocycles. The standard InChI is InChI=1S/C9H16N2O3S/c1-8(2)7(12)11(15(8,13)14)6-9(10)4-3-5-9/h3-6,10H2,1-2H3. The van der Waals surface area contributed by atoms with E-state index in [0.717, 1.165) is 23.6 Å². The van der Waals surface area contributed by atoms with Crippen LogP contribution in [0.15, 0.2) is 0 Å². The second kappa shape index (κ2) is 2.74. The number of sulfonamides is 1. The van der Waals surface area contributed by atoms with Gasteiger partial charge in [0.05, 0.1) is 6.54 Å². The monoisotopic (exact) mass is 232 g/mol. The molecule has 2 fully saturated rings. The Morgan fingerprint density at radius 1 is 1.40 bits per heavy atom. The van der Waals surface area contributed by atoms with Gasteiger partial charge in [0.15, 0.2) is 4.75 Å². The third-order valence-electron chi connectivity index (χ3n) is 3.48. The van der Waals surface area contributed by atoms with Crippen molar-refractivity contribution in [3.63, 3.8) is 0 Å². The fourth-order valence-electron chi connectivity index (χ4n) is 1.99. The number of hydrogen-bond acceptors (Lipinski definition) is 4. The van der Waals surface area contributed by atoms with Crippen LogP contribution >= 0.6 is 0 Å². The van der Waals surface area contributed by atoms with Gasteiger partial charge >= 0.3 is 0 Å². The van der Waals surface area contributed by atoms with Gasteiger partial charge in [0.1, 0.15) is 0 Å². The Morgan fingerprint density at radius 2 is 1.93 bits per heavy atom. The third-order valence-corrected chi connectivity index (χ3v) is 5.82. The molecule has 0 bridgehead atoms. The summed E-state index contributed by atoms with van der Waals surface area (Å²) < 4.78 is 23.2. The molecule has 1 aliphatic carbocycles. The van der Waals surface area contributed by atoms with Crippen LogP contribution in [0.1, 0.15) is 33.1 Å². The van der Waals surface area contributed by atoms with Gasteiger partial charge in [-0.25, -0.2) is 12.7 Å². The van der Waals surface area contributed by atoms with Gasteiger partial charge in [0, 0.05) is 5.54 Å². The zero-order chi connectivity index (χ0) is 11.5. The first-order chi connectivity index (χ1) is 6.71. The van der Waals surface area contributed by atoms with E-state index >= 15 is 0 Å². The molecule has 6 heteroatoms. The van der Waals surface area contributed by atoms with E-state index in [1.807, 2.05) is 0 Å². The van der Waals surface area contributed by atoms with Crippen molar-refractivity contribution in [1.29, 1.82) is 0 Å². The fourth-order valence-corrected chi connectivity index (χ4v) is 3.61. The smallest absolute Gasteiger partial charge is 0.258 e. The van der Waals surface area contributed by atoms with Crippen LogP contribution in [0.5, 0.6) is 0 Å². The summed E-state index contributed by atoms with van der Waals surface area (Å²) in [4.78, 5) is 11.6. The Hall–Kier alpha value is -0.620. The summed E-state index contributed by atoms with van der Waals surface area (Å²) in [7, 11) is -3.46. The lowest BCUT2D eigenvalue weighted by Crippen LogP contribution is -2.71. The van der Waals surface area contributed by atoms with Gasteiger partial charge < -0.3 is 5.73 Å². The largest absolute Gasteiger partial charge is 0.324 e. The van der Waals surface area contributed by atoms with Crippen LogP contribution in [0.4, 0.5) is 0 Å². The minimum Gasteiger partial charge on any atom is -0.324 e. The van der Waals surface area contributed by atoms with Crippen LogP contribution in [0, 0.1) is 0 Å². The van der Waals surface area contributed by atoms with Gasteiger partial charge in [-0.1, -0.05) is 0 Å². The summed E-state index contributed by atoms with van der Waals surface area (Å²) in [6.45, 7) is 3.02. The molecule has 0 spiro atoms. The Balaban J connectivity index is 2.17. The second-order valence-electron chi connectivity index (χ2n) is 5.04. The first-order valence-corrected chi connectivity index (χ1v) is 6.50. The Morgan fingerprint density at radius 3 is 2.27 bits per heavy atom. The molecule has 0 aromatic carbocycles. The third kappa shape index (κ3) is 1.24. The number of nitrogens with zero attached hydrogens (tertiary/aromatic N) is 1. The van der Waals surface area contributed by atoms with Crippen molar-refractivity contribution < 1.29 is 13.2 Å². The topological polar surface area (TPSA) is 80.5 Å². The average molecular weight is 232 g/mol. The van der Waals surface area contributed by atoms with Crippen molar-refractivity contribution in [2.24, 2.45) is 5.73 Å². The molecule has 15 heavy (non-hydrogen) atoms. The maximum Gasteiger partial charge on any atom is 0.258 e. The van der Waals surface area contributed by atoms with Crippen LogP contribution in [0.3, 0.4) is 0 Å². The quantitative estimate of drug-likeness (QED) is 0.716. The van der Waals surface area contributed by atoms with Gasteiger partial charge in [-0.3, -0.25) is 4.79 Å². The van der Waals surface area contributed by atoms with Crippen LogP contribution < -0.4 is 5.73 Å². The van der Waals surface area contributed by atoms with Crippen LogP contribution in [0.25, 0.3) is 0 Å². The summed E-state index contributed by atoms with van der Waals surface area (Å²) in [5.41, 5.74) is 5.45. The number of carbonyl (C=O) groups excluding carboxylic acids is 1. The SMILES string of the molecule is CC1(C)C(=O)N(CC2(N)CCC2)S1(=O)=O. The summed E-state index contributed by atoms with van der Waals surface area (Å²) in [6, 6.07) is 0. The van der Waals surface area contributed by atoms with Gasteiger partial charge in [-0.05, 0) is 33.1 Å². The van der Waals surface area contributed by atoms with E-state index in [1.54, 1.807) is 0 Å². The molecule has 0 unspecified atom stereocenters. The van der Waals surface area contributed by atoms with E-state index in [4.69, 9.17) is 5.73 Å². The van der Waals surface area contributed by atoms with Gasteiger partial charge in [0.2, 0.25) is 0 Å². The highest BCUT2D eigenvalue weighted by Gasteiger charge is 2.61. The Kier molecular flexibility index (Phi) is 1.98. The molecule has 2 aliphatic rings. The number of nitrogens with two attached hydrogens (primary N) is 1. The number of amides is 1. The maximum atomic E-state index is 11.7. The second-order valence-corrected chi connectivity index (χ2v) is 7.45. The molecule has 1 saturated carbocycles. The van der Waals surface area contributed by atoms with E-state index in [9.17, 15) is 13.2 Å². The van der Waals surface area contributed by atoms with Gasteiger partial charge in [-0.15, -0.1) is 0 Å². The molecule has 0 aromatic rings. The first-order valence-electron chi connectivity index (χ1n) is 5.06. The van der Waals surface area contributed by atoms with Crippen molar-refractivity contribution >= 4 is 15.9 Å². The molecule has 2 N–H and O–H groups in total. The summed E-state index contributed by atoms with van der Waals surface area (Å²) in [5.74, 6) is -0.334. The van der Waals surface area contributed by atoms with Crippen molar-refractivity contribution in [1.82, 2.24) is 4.31 Å². The lowest BCUT2D eigenvalue weighted by atomic mass is 9.77. The van der Waals surface area contributed by atoms with Crippen molar-refractivity contribution in [3.8, 4) is 0 Å². The number of hydrogen-bond donors (Lipinski definition) is 1. The molecule has 0 radical (unpaired) electrons. The first kappa shape index (κ1) is 10.9. The summed E-state index contributed by atoms with van der Waals surface area (Å²) >= 11 is 0. The zero-order valence-electron chi connectivity index (χ0n) is 8.99. The fraction of sp³-hybridized carbons (Fsp3) is 0.889. The predicted octanol–water partition coefficient (Wildman–Crippen LogP) is -0.182. The molecule has 0 atom stereocenters. The molecule has 1 amide bonds. The molecule has 86 valence electrons. The van der Waals surface area contributed by atoms with E-state index in [-0.39, 0.29) is 12.5 Å². The molecule has 5 nitrogen and oxygen atoms in total. The molecule has 2 rings (SSSR count). The lowest BCUT2D eigenvalue weighted by molar-refractivity contribution is -0.133.